The summed E-state index contributed by atoms with van der Waals surface area (Å²) in [5, 5.41) is 6.05. The predicted octanol–water partition coefficient (Wildman–Crippen LogP) is 11.7. The Hall–Kier alpha value is -7.07. The van der Waals surface area contributed by atoms with Gasteiger partial charge >= 0.3 is 0 Å². The minimum absolute atomic E-state index is 0. The number of rotatable bonds is 5. The van der Waals surface area contributed by atoms with Crippen molar-refractivity contribution in [3.63, 3.8) is 0 Å². The van der Waals surface area contributed by atoms with Gasteiger partial charge in [-0.15, -0.1) is 71.3 Å². The number of pyridine rings is 2. The molecule has 4 heteroatoms. The third-order valence-electron chi connectivity index (χ3n) is 12.4. The third kappa shape index (κ3) is 7.13. The van der Waals surface area contributed by atoms with Gasteiger partial charge in [-0.3, -0.25) is 0 Å². The van der Waals surface area contributed by atoms with Crippen LogP contribution in [-0.2, 0) is 20.1 Å². The van der Waals surface area contributed by atoms with Crippen molar-refractivity contribution in [2.45, 2.75) is 6.92 Å². The van der Waals surface area contributed by atoms with Gasteiger partial charge in [-0.25, -0.2) is 0 Å². The van der Waals surface area contributed by atoms with E-state index in [1.165, 1.54) is 70.8 Å². The standard InChI is InChI=1S/C47H30NSi.C12H10N.Ir/c1-4-16-44-39(12-1)40-13-2-5-17-45(40)49(44)46-18-6-3-14-41(46)42-28-27-37(31-47(42)49)35-25-21-33(22-26-35)32-19-23-34(24-20-32)36-10-9-11-38(30-36)43-15-7-8-29-48-43;1-10-6-5-9-12(13-10)11-7-3-2-4-8-11;/h1-10,12-31H;2-7,9H,1H3;/q2*-1;. The van der Waals surface area contributed by atoms with Crippen molar-refractivity contribution in [2.75, 3.05) is 0 Å². The van der Waals surface area contributed by atoms with E-state index in [0.717, 1.165) is 33.8 Å². The molecule has 0 aliphatic carbocycles. The SMILES string of the molecule is Cc1cccc(-c2[c-]cccc2)n1.[Ir].[c-]1ccc(-c2ccc(-c3ccc(-c4ccc5c(c4)[Si]4(c6ccccc6-c6ccccc64)c4ccccc4-5)cc3)cc2)cc1-c1ccccn1. The van der Waals surface area contributed by atoms with E-state index in [-0.39, 0.29) is 20.1 Å². The first-order chi connectivity index (χ1) is 30.6. The molecule has 0 bridgehead atoms. The Kier molecular flexibility index (Phi) is 10.8. The Balaban J connectivity index is 0.000000289. The summed E-state index contributed by atoms with van der Waals surface area (Å²) in [5.41, 5.74) is 17.8. The number of aryl methyl sites for hydroxylation is 1. The van der Waals surface area contributed by atoms with Crippen LogP contribution >= 0.6 is 0 Å². The van der Waals surface area contributed by atoms with Crippen molar-refractivity contribution in [1.82, 2.24) is 9.97 Å². The first-order valence-electron chi connectivity index (χ1n) is 21.1. The zero-order valence-corrected chi connectivity index (χ0v) is 38.0. The second-order valence-corrected chi connectivity index (χ2v) is 19.6. The van der Waals surface area contributed by atoms with Crippen LogP contribution in [0.3, 0.4) is 0 Å². The van der Waals surface area contributed by atoms with Crippen LogP contribution in [-0.4, -0.2) is 18.0 Å². The van der Waals surface area contributed by atoms with Gasteiger partial charge in [-0.1, -0.05) is 164 Å². The average molecular weight is 997 g/mol. The van der Waals surface area contributed by atoms with E-state index >= 15 is 0 Å². The normalized spacial score (nSPS) is 12.2. The van der Waals surface area contributed by atoms with Gasteiger partial charge < -0.3 is 9.97 Å². The molecule has 2 aliphatic rings. The number of hydrogen-bond donors (Lipinski definition) is 0. The number of fused-ring (bicyclic) bond motifs is 10. The molecule has 2 nitrogen and oxygen atoms in total. The summed E-state index contributed by atoms with van der Waals surface area (Å²) in [4.78, 5) is 8.91. The van der Waals surface area contributed by atoms with Gasteiger partial charge in [0.2, 0.25) is 0 Å². The van der Waals surface area contributed by atoms with Gasteiger partial charge in [0.15, 0.2) is 8.07 Å². The molecular formula is C59H40IrN2Si-2. The number of benzene rings is 8. The molecule has 2 aliphatic heterocycles. The van der Waals surface area contributed by atoms with Crippen LogP contribution in [0.25, 0.3) is 78.1 Å². The summed E-state index contributed by atoms with van der Waals surface area (Å²) in [6, 6.07) is 85.2. The number of aromatic nitrogens is 2. The third-order valence-corrected chi connectivity index (χ3v) is 17.3. The molecule has 8 aromatic carbocycles. The molecule has 0 amide bonds. The van der Waals surface area contributed by atoms with E-state index in [2.05, 4.69) is 174 Å². The fourth-order valence-electron chi connectivity index (χ4n) is 9.55. The van der Waals surface area contributed by atoms with E-state index < -0.39 is 8.07 Å². The second-order valence-electron chi connectivity index (χ2n) is 15.9. The van der Waals surface area contributed by atoms with Crippen molar-refractivity contribution >= 4 is 28.8 Å². The van der Waals surface area contributed by atoms with Crippen LogP contribution in [0.15, 0.2) is 225 Å². The predicted molar refractivity (Wildman–Crippen MR) is 260 cm³/mol. The summed E-state index contributed by atoms with van der Waals surface area (Å²) in [6.07, 6.45) is 1.82. The molecule has 0 fully saturated rings. The molecule has 0 N–H and O–H groups in total. The van der Waals surface area contributed by atoms with Crippen LogP contribution in [0.4, 0.5) is 0 Å². The zero-order chi connectivity index (χ0) is 41.5. The van der Waals surface area contributed by atoms with Crippen LogP contribution in [0, 0.1) is 19.1 Å². The number of hydrogen-bond acceptors (Lipinski definition) is 2. The van der Waals surface area contributed by atoms with Crippen LogP contribution in [0.2, 0.25) is 0 Å². The largest absolute Gasteiger partial charge is 0.305 e. The Labute approximate surface area is 384 Å². The molecule has 0 saturated heterocycles. The summed E-state index contributed by atoms with van der Waals surface area (Å²) in [5.74, 6) is 0. The summed E-state index contributed by atoms with van der Waals surface area (Å²) < 4.78 is 0. The molecule has 1 spiro atoms. The first kappa shape index (κ1) is 40.0. The van der Waals surface area contributed by atoms with Crippen LogP contribution in [0.5, 0.6) is 0 Å². The van der Waals surface area contributed by atoms with Gasteiger partial charge in [0, 0.05) is 32.0 Å². The molecule has 0 atom stereocenters. The smallest absolute Gasteiger partial charge is 0.182 e. The van der Waals surface area contributed by atoms with Crippen molar-refractivity contribution in [3.05, 3.63) is 242 Å². The Morgan fingerprint density at radius 1 is 0.365 bits per heavy atom. The van der Waals surface area contributed by atoms with Crippen LogP contribution in [0.1, 0.15) is 5.69 Å². The van der Waals surface area contributed by atoms with E-state index in [9.17, 15) is 0 Å². The van der Waals surface area contributed by atoms with Gasteiger partial charge in [-0.2, -0.15) is 0 Å². The topological polar surface area (TPSA) is 25.8 Å². The number of nitrogens with zero attached hydrogens (tertiary/aromatic N) is 2. The minimum atomic E-state index is -2.44. The fraction of sp³-hybridized carbons (Fsp3) is 0.0169. The molecule has 301 valence electrons. The van der Waals surface area contributed by atoms with E-state index in [0.29, 0.717) is 0 Å². The fourth-order valence-corrected chi connectivity index (χ4v) is 15.2. The van der Waals surface area contributed by atoms with E-state index in [1.807, 2.05) is 79.9 Å². The molecule has 0 saturated carbocycles. The van der Waals surface area contributed by atoms with Crippen molar-refractivity contribution in [3.8, 4) is 78.1 Å². The molecule has 4 heterocycles. The molecule has 10 aromatic rings. The molecular weight excluding hydrogens is 957 g/mol. The second kappa shape index (κ2) is 17.0. The maximum Gasteiger partial charge on any atom is 0.182 e. The van der Waals surface area contributed by atoms with Gasteiger partial charge in [0.1, 0.15) is 0 Å². The van der Waals surface area contributed by atoms with Gasteiger partial charge in [-0.05, 0) is 101 Å². The Morgan fingerprint density at radius 3 is 1.41 bits per heavy atom. The van der Waals surface area contributed by atoms with Crippen molar-refractivity contribution < 1.29 is 20.1 Å². The van der Waals surface area contributed by atoms with Gasteiger partial charge in [0.05, 0.1) is 0 Å². The monoisotopic (exact) mass is 997 g/mol. The minimum Gasteiger partial charge on any atom is -0.305 e. The quantitative estimate of drug-likeness (QED) is 0.127. The van der Waals surface area contributed by atoms with E-state index in [4.69, 9.17) is 0 Å². The average Bonchev–Trinajstić information content (AvgIpc) is 3.82. The zero-order valence-electron chi connectivity index (χ0n) is 34.6. The Bertz CT molecular complexity index is 3170. The van der Waals surface area contributed by atoms with Crippen molar-refractivity contribution in [2.24, 2.45) is 0 Å². The van der Waals surface area contributed by atoms with Gasteiger partial charge in [0.25, 0.3) is 0 Å². The molecule has 0 unspecified atom stereocenters. The first-order valence-corrected chi connectivity index (χ1v) is 23.1. The Morgan fingerprint density at radius 2 is 0.857 bits per heavy atom. The maximum atomic E-state index is 4.50. The van der Waals surface area contributed by atoms with Crippen LogP contribution < -0.4 is 20.7 Å². The molecule has 1 radical (unpaired) electrons. The summed E-state index contributed by atoms with van der Waals surface area (Å²) in [7, 11) is -2.44. The summed E-state index contributed by atoms with van der Waals surface area (Å²) >= 11 is 0. The maximum absolute atomic E-state index is 4.50. The molecule has 2 aromatic heterocycles. The molecule has 63 heavy (non-hydrogen) atoms. The van der Waals surface area contributed by atoms with Crippen molar-refractivity contribution in [1.29, 1.82) is 0 Å². The molecule has 12 rings (SSSR count). The van der Waals surface area contributed by atoms with E-state index in [1.54, 1.807) is 0 Å². The summed E-state index contributed by atoms with van der Waals surface area (Å²) in [6.45, 7) is 1.99.